The van der Waals surface area contributed by atoms with Gasteiger partial charge in [0.25, 0.3) is 0 Å². The summed E-state index contributed by atoms with van der Waals surface area (Å²) in [6.45, 7) is 1.82. The first-order chi connectivity index (χ1) is 14.0. The van der Waals surface area contributed by atoms with Crippen molar-refractivity contribution in [1.82, 2.24) is 20.1 Å². The zero-order valence-corrected chi connectivity index (χ0v) is 15.6. The van der Waals surface area contributed by atoms with E-state index in [-0.39, 0.29) is 24.7 Å². The van der Waals surface area contributed by atoms with Crippen molar-refractivity contribution in [2.75, 3.05) is 18.0 Å². The van der Waals surface area contributed by atoms with E-state index in [1.165, 1.54) is 22.6 Å². The molecule has 8 nitrogen and oxygen atoms in total. The van der Waals surface area contributed by atoms with Crippen LogP contribution < -0.4 is 10.2 Å². The number of carbonyl (C=O) groups excluding carboxylic acids is 2. The smallest absolute Gasteiger partial charge is 0.414 e. The minimum absolute atomic E-state index is 0.209. The van der Waals surface area contributed by atoms with Crippen LogP contribution in [0.1, 0.15) is 6.92 Å². The number of aromatic nitrogens is 3. The van der Waals surface area contributed by atoms with Gasteiger partial charge in [-0.15, -0.1) is 0 Å². The second-order valence-corrected chi connectivity index (χ2v) is 6.58. The highest BCUT2D eigenvalue weighted by Gasteiger charge is 2.32. The van der Waals surface area contributed by atoms with E-state index in [2.05, 4.69) is 15.4 Å². The summed E-state index contributed by atoms with van der Waals surface area (Å²) in [7, 11) is 0. The maximum absolute atomic E-state index is 14.8. The van der Waals surface area contributed by atoms with Gasteiger partial charge in [-0.1, -0.05) is 6.07 Å². The average Bonchev–Trinajstić information content (AvgIpc) is 3.34. The Labute approximate surface area is 165 Å². The summed E-state index contributed by atoms with van der Waals surface area (Å²) in [5.41, 5.74) is 2.12. The number of anilines is 1. The molecule has 2 aromatic heterocycles. The maximum atomic E-state index is 14.8. The first kappa shape index (κ1) is 18.6. The van der Waals surface area contributed by atoms with Crippen LogP contribution in [0.15, 0.2) is 55.0 Å². The summed E-state index contributed by atoms with van der Waals surface area (Å²) in [6.07, 6.45) is 3.91. The molecule has 1 aliphatic heterocycles. The topological polar surface area (TPSA) is 89.4 Å². The summed E-state index contributed by atoms with van der Waals surface area (Å²) in [6, 6.07) is 9.97. The summed E-state index contributed by atoms with van der Waals surface area (Å²) in [4.78, 5) is 28.7. The molecule has 9 heteroatoms. The first-order valence-corrected chi connectivity index (χ1v) is 9.00. The molecule has 148 valence electrons. The van der Waals surface area contributed by atoms with E-state index in [0.29, 0.717) is 5.69 Å². The van der Waals surface area contributed by atoms with E-state index in [4.69, 9.17) is 4.74 Å². The van der Waals surface area contributed by atoms with Crippen LogP contribution in [0.4, 0.5) is 14.9 Å². The Balaban J connectivity index is 1.52. The summed E-state index contributed by atoms with van der Waals surface area (Å²) in [5, 5.41) is 6.81. The molecule has 1 aromatic carbocycles. The monoisotopic (exact) mass is 395 g/mol. The number of benzene rings is 1. The lowest BCUT2D eigenvalue weighted by Gasteiger charge is -2.14. The van der Waals surface area contributed by atoms with Crippen LogP contribution in [-0.4, -0.2) is 46.0 Å². The van der Waals surface area contributed by atoms with Gasteiger partial charge in [-0.25, -0.2) is 13.9 Å². The Kier molecular flexibility index (Phi) is 4.94. The van der Waals surface area contributed by atoms with E-state index in [0.717, 1.165) is 11.3 Å². The molecule has 3 heterocycles. The highest BCUT2D eigenvalue weighted by Crippen LogP contribution is 2.26. The number of nitrogens with zero attached hydrogens (tertiary/aromatic N) is 4. The molecule has 0 aliphatic carbocycles. The Morgan fingerprint density at radius 1 is 1.34 bits per heavy atom. The zero-order chi connectivity index (χ0) is 20.4. The predicted molar refractivity (Wildman–Crippen MR) is 103 cm³/mol. The number of carbonyl (C=O) groups is 2. The van der Waals surface area contributed by atoms with Gasteiger partial charge < -0.3 is 10.1 Å². The molecule has 29 heavy (non-hydrogen) atoms. The highest BCUT2D eigenvalue weighted by molar-refractivity contribution is 5.90. The van der Waals surface area contributed by atoms with Gasteiger partial charge >= 0.3 is 6.09 Å². The van der Waals surface area contributed by atoms with Crippen molar-refractivity contribution in [3.63, 3.8) is 0 Å². The molecular formula is C20H18FN5O3. The lowest BCUT2D eigenvalue weighted by molar-refractivity contribution is -0.119. The van der Waals surface area contributed by atoms with Crippen LogP contribution in [0.2, 0.25) is 0 Å². The third-order valence-electron chi connectivity index (χ3n) is 4.49. The van der Waals surface area contributed by atoms with Gasteiger partial charge in [-0.3, -0.25) is 14.7 Å². The van der Waals surface area contributed by atoms with Gasteiger partial charge in [0.15, 0.2) is 5.82 Å². The molecule has 1 N–H and O–H groups in total. The van der Waals surface area contributed by atoms with Crippen molar-refractivity contribution in [2.24, 2.45) is 0 Å². The second-order valence-electron chi connectivity index (χ2n) is 6.58. The fourth-order valence-corrected chi connectivity index (χ4v) is 3.07. The van der Waals surface area contributed by atoms with Crippen LogP contribution in [-0.2, 0) is 9.53 Å². The molecular weight excluding hydrogens is 377 g/mol. The average molecular weight is 395 g/mol. The Bertz CT molecular complexity index is 1050. The number of pyridine rings is 1. The van der Waals surface area contributed by atoms with Gasteiger partial charge in [0.2, 0.25) is 5.91 Å². The van der Waals surface area contributed by atoms with Crippen molar-refractivity contribution >= 4 is 17.7 Å². The number of ether oxygens (including phenoxy) is 1. The highest BCUT2D eigenvalue weighted by atomic mass is 19.1. The molecule has 1 atom stereocenters. The molecule has 1 saturated heterocycles. The lowest BCUT2D eigenvalue weighted by Crippen LogP contribution is -2.33. The van der Waals surface area contributed by atoms with Gasteiger partial charge in [-0.2, -0.15) is 5.10 Å². The minimum atomic E-state index is -0.580. The molecule has 1 aliphatic rings. The third kappa shape index (κ3) is 3.93. The summed E-state index contributed by atoms with van der Waals surface area (Å²) >= 11 is 0. The van der Waals surface area contributed by atoms with Crippen LogP contribution in [0.25, 0.3) is 16.9 Å². The fourth-order valence-electron chi connectivity index (χ4n) is 3.07. The van der Waals surface area contributed by atoms with Crippen molar-refractivity contribution in [3.05, 3.63) is 60.8 Å². The van der Waals surface area contributed by atoms with E-state index < -0.39 is 18.0 Å². The number of hydrogen-bond acceptors (Lipinski definition) is 5. The van der Waals surface area contributed by atoms with Gasteiger partial charge in [0, 0.05) is 24.9 Å². The normalized spacial score (nSPS) is 16.0. The largest absolute Gasteiger partial charge is 0.442 e. The summed E-state index contributed by atoms with van der Waals surface area (Å²) in [5.74, 6) is -0.740. The number of cyclic esters (lactones) is 1. The van der Waals surface area contributed by atoms with Crippen molar-refractivity contribution in [2.45, 2.75) is 13.0 Å². The summed E-state index contributed by atoms with van der Waals surface area (Å²) < 4.78 is 21.4. The van der Waals surface area contributed by atoms with Gasteiger partial charge in [0.1, 0.15) is 11.8 Å². The molecule has 0 bridgehead atoms. The molecule has 1 fully saturated rings. The lowest BCUT2D eigenvalue weighted by atomic mass is 10.2. The van der Waals surface area contributed by atoms with E-state index in [1.54, 1.807) is 30.7 Å². The second kappa shape index (κ2) is 7.70. The van der Waals surface area contributed by atoms with E-state index in [9.17, 15) is 14.0 Å². The Hall–Kier alpha value is -3.75. The van der Waals surface area contributed by atoms with Crippen molar-refractivity contribution in [1.29, 1.82) is 0 Å². The Morgan fingerprint density at radius 2 is 2.21 bits per heavy atom. The molecule has 4 rings (SSSR count). The number of hydrogen-bond donors (Lipinski definition) is 1. The predicted octanol–water partition coefficient (Wildman–Crippen LogP) is 2.53. The molecule has 0 saturated carbocycles. The fraction of sp³-hybridized carbons (Fsp3) is 0.200. The van der Waals surface area contributed by atoms with E-state index in [1.807, 2.05) is 18.2 Å². The Morgan fingerprint density at radius 3 is 2.93 bits per heavy atom. The molecule has 0 radical (unpaired) electrons. The van der Waals surface area contributed by atoms with Gasteiger partial charge in [0.05, 0.1) is 30.7 Å². The first-order valence-electron chi connectivity index (χ1n) is 9.00. The maximum Gasteiger partial charge on any atom is 0.414 e. The number of halogens is 1. The standard InChI is InChI=1S/C20H18FN5O3/c1-13(27)23-10-16-12-25(20(28)29-16)15-5-6-19(17(21)8-15)26-11-14(9-24-26)18-4-2-3-7-22-18/h2-9,11,16H,10,12H2,1H3,(H,23,27). The number of rotatable bonds is 5. The van der Waals surface area contributed by atoms with Crippen LogP contribution in [0.5, 0.6) is 0 Å². The zero-order valence-electron chi connectivity index (χ0n) is 15.6. The quantitative estimate of drug-likeness (QED) is 0.717. The van der Waals surface area contributed by atoms with Gasteiger partial charge in [-0.05, 0) is 30.3 Å². The van der Waals surface area contributed by atoms with Crippen LogP contribution in [0.3, 0.4) is 0 Å². The molecule has 0 spiro atoms. The molecule has 3 aromatic rings. The van der Waals surface area contributed by atoms with Crippen molar-refractivity contribution < 1.29 is 18.7 Å². The van der Waals surface area contributed by atoms with E-state index >= 15 is 0 Å². The number of amides is 2. The minimum Gasteiger partial charge on any atom is -0.442 e. The molecule has 1 unspecified atom stereocenters. The SMILES string of the molecule is CC(=O)NCC1CN(c2ccc(-n3cc(-c4ccccn4)cn3)c(F)c2)C(=O)O1. The number of nitrogens with one attached hydrogen (secondary N) is 1. The van der Waals surface area contributed by atoms with Crippen LogP contribution >= 0.6 is 0 Å². The molecule has 2 amide bonds. The third-order valence-corrected chi connectivity index (χ3v) is 4.49. The van der Waals surface area contributed by atoms with Crippen molar-refractivity contribution in [3.8, 4) is 16.9 Å². The van der Waals surface area contributed by atoms with Crippen LogP contribution in [0, 0.1) is 5.82 Å².